The summed E-state index contributed by atoms with van der Waals surface area (Å²) < 4.78 is 2.13. The number of phenols is 1. The van der Waals surface area contributed by atoms with E-state index in [0.29, 0.717) is 11.3 Å². The van der Waals surface area contributed by atoms with Crippen LogP contribution in [0.4, 0.5) is 0 Å². The molecule has 0 amide bonds. The van der Waals surface area contributed by atoms with Gasteiger partial charge in [0.1, 0.15) is 11.4 Å². The molecule has 0 unspecified atom stereocenters. The Balaban J connectivity index is 0.00000361. The van der Waals surface area contributed by atoms with Crippen LogP contribution in [0.3, 0.4) is 0 Å². The molecule has 244 valence electrons. The van der Waals surface area contributed by atoms with E-state index in [4.69, 9.17) is 9.97 Å². The first-order valence-corrected chi connectivity index (χ1v) is 16.6. The molecule has 5 heteroatoms. The zero-order chi connectivity index (χ0) is 33.1. The molecule has 0 atom stereocenters. The number of benzene rings is 5. The summed E-state index contributed by atoms with van der Waals surface area (Å²) in [7, 11) is 0. The van der Waals surface area contributed by atoms with Gasteiger partial charge in [-0.2, -0.15) is 0 Å². The van der Waals surface area contributed by atoms with E-state index in [9.17, 15) is 5.11 Å². The summed E-state index contributed by atoms with van der Waals surface area (Å²) in [6, 6.07) is 53.4. The van der Waals surface area contributed by atoms with Gasteiger partial charge >= 0.3 is 0 Å². The number of nitrogens with zero attached hydrogens (tertiary/aromatic N) is 3. The van der Waals surface area contributed by atoms with Gasteiger partial charge in [0, 0.05) is 60.9 Å². The number of aromatic nitrogens is 3. The van der Waals surface area contributed by atoms with Gasteiger partial charge in [-0.05, 0) is 57.6 Å². The number of phenolic OH excluding ortho intramolecular Hbond substituents is 1. The number of fused-ring (bicyclic) bond motifs is 4. The summed E-state index contributed by atoms with van der Waals surface area (Å²) in [6.45, 7) is 4.37. The topological polar surface area (TPSA) is 50.4 Å². The Hall–Kier alpha value is -5.57. The zero-order valence-electron chi connectivity index (χ0n) is 27.5. The SMILES string of the molecule is CC1(C)c2ccccc2-c2ccc(-c3cc(-c4ccccc4)cc(-c4[c-]c(-c5nc6ccccn6c5-c5ccccc5)ccc4)n3)c(O)c21.[Pt]. The Kier molecular flexibility index (Phi) is 7.85. The molecular formula is C45H32N3OPt-. The molecule has 8 aromatic rings. The molecule has 0 saturated carbocycles. The van der Waals surface area contributed by atoms with Crippen LogP contribution in [0.2, 0.25) is 0 Å². The first-order chi connectivity index (χ1) is 24.0. The molecule has 3 aromatic heterocycles. The van der Waals surface area contributed by atoms with Gasteiger partial charge in [-0.15, -0.1) is 24.3 Å². The van der Waals surface area contributed by atoms with E-state index < -0.39 is 0 Å². The number of imidazole rings is 1. The van der Waals surface area contributed by atoms with Gasteiger partial charge in [-0.25, -0.2) is 0 Å². The van der Waals surface area contributed by atoms with Crippen LogP contribution in [0.1, 0.15) is 25.0 Å². The van der Waals surface area contributed by atoms with Crippen LogP contribution in [0.25, 0.3) is 72.9 Å². The van der Waals surface area contributed by atoms with Crippen molar-refractivity contribution in [1.82, 2.24) is 14.4 Å². The molecule has 50 heavy (non-hydrogen) atoms. The average Bonchev–Trinajstić information content (AvgIpc) is 3.65. The van der Waals surface area contributed by atoms with Crippen molar-refractivity contribution < 1.29 is 26.2 Å². The van der Waals surface area contributed by atoms with E-state index in [0.717, 1.165) is 61.7 Å². The van der Waals surface area contributed by atoms with E-state index in [1.54, 1.807) is 0 Å². The van der Waals surface area contributed by atoms with Gasteiger partial charge in [-0.3, -0.25) is 9.97 Å². The molecule has 1 N–H and O–H groups in total. The molecular weight excluding hydrogens is 794 g/mol. The van der Waals surface area contributed by atoms with E-state index in [1.165, 1.54) is 11.1 Å². The maximum Gasteiger partial charge on any atom is 0.129 e. The van der Waals surface area contributed by atoms with Gasteiger partial charge in [0.2, 0.25) is 0 Å². The predicted octanol–water partition coefficient (Wildman–Crippen LogP) is 10.9. The Labute approximate surface area is 306 Å². The van der Waals surface area contributed by atoms with Crippen molar-refractivity contribution >= 4 is 5.65 Å². The summed E-state index contributed by atoms with van der Waals surface area (Å²) in [5.74, 6) is 0.275. The van der Waals surface area contributed by atoms with Crippen LogP contribution in [-0.4, -0.2) is 19.5 Å². The first kappa shape index (κ1) is 31.7. The zero-order valence-corrected chi connectivity index (χ0v) is 29.8. The number of rotatable bonds is 5. The second-order valence-corrected chi connectivity index (χ2v) is 13.1. The summed E-state index contributed by atoms with van der Waals surface area (Å²) in [5.41, 5.74) is 13.9. The van der Waals surface area contributed by atoms with Gasteiger partial charge in [0.05, 0.1) is 5.69 Å². The first-order valence-electron chi connectivity index (χ1n) is 16.6. The van der Waals surface area contributed by atoms with Gasteiger partial charge in [0.15, 0.2) is 0 Å². The minimum Gasteiger partial charge on any atom is -0.507 e. The standard InChI is InChI=1S/C45H32N3O.Pt/c1-45(2)37-21-10-9-20-34(37)35-23-24-36(44(49)41(35)45)39-28-33(29-14-5-3-6-15-29)27-38(46-39)31-18-13-19-32(26-31)42-43(30-16-7-4-8-17-30)48-25-12-11-22-40(48)47-42;/h3-25,27-28,49H,1-2H3;/q-1;. The van der Waals surface area contributed by atoms with Crippen LogP contribution < -0.4 is 0 Å². The average molecular weight is 826 g/mol. The van der Waals surface area contributed by atoms with Crippen LogP contribution in [0, 0.1) is 6.07 Å². The molecule has 0 saturated heterocycles. The second-order valence-electron chi connectivity index (χ2n) is 13.1. The number of hydrogen-bond acceptors (Lipinski definition) is 3. The fraction of sp³-hybridized carbons (Fsp3) is 0.0667. The van der Waals surface area contributed by atoms with E-state index >= 15 is 0 Å². The number of hydrogen-bond donors (Lipinski definition) is 1. The molecule has 4 nitrogen and oxygen atoms in total. The third-order valence-corrected chi connectivity index (χ3v) is 9.81. The Morgan fingerprint density at radius 2 is 1.24 bits per heavy atom. The van der Waals surface area contributed by atoms with Gasteiger partial charge in [0.25, 0.3) is 0 Å². The molecule has 0 aliphatic heterocycles. The van der Waals surface area contributed by atoms with Gasteiger partial charge in [-0.1, -0.05) is 128 Å². The molecule has 1 aliphatic carbocycles. The molecule has 0 fully saturated rings. The quantitative estimate of drug-likeness (QED) is 0.176. The van der Waals surface area contributed by atoms with E-state index in [2.05, 4.69) is 115 Å². The fourth-order valence-electron chi connectivity index (χ4n) is 7.47. The van der Waals surface area contributed by atoms with Crippen molar-refractivity contribution in [3.8, 4) is 73.0 Å². The van der Waals surface area contributed by atoms with Gasteiger partial charge < -0.3 is 9.51 Å². The monoisotopic (exact) mass is 825 g/mol. The van der Waals surface area contributed by atoms with Crippen molar-refractivity contribution in [3.05, 3.63) is 169 Å². The number of aromatic hydroxyl groups is 1. The second kappa shape index (κ2) is 12.4. The molecule has 3 heterocycles. The largest absolute Gasteiger partial charge is 0.507 e. The summed E-state index contributed by atoms with van der Waals surface area (Å²) in [5, 5.41) is 12.0. The Bertz CT molecular complexity index is 2540. The van der Waals surface area contributed by atoms with Crippen molar-refractivity contribution in [2.45, 2.75) is 19.3 Å². The van der Waals surface area contributed by atoms with Crippen LogP contribution in [0.15, 0.2) is 152 Å². The fourth-order valence-corrected chi connectivity index (χ4v) is 7.47. The van der Waals surface area contributed by atoms with E-state index in [1.807, 2.05) is 60.7 Å². The third-order valence-electron chi connectivity index (χ3n) is 9.81. The third kappa shape index (κ3) is 5.11. The van der Waals surface area contributed by atoms with Crippen LogP contribution in [0.5, 0.6) is 5.75 Å². The summed E-state index contributed by atoms with van der Waals surface area (Å²) >= 11 is 0. The molecule has 0 bridgehead atoms. The van der Waals surface area contributed by atoms with Crippen molar-refractivity contribution in [2.24, 2.45) is 0 Å². The van der Waals surface area contributed by atoms with Crippen LogP contribution in [-0.2, 0) is 26.5 Å². The molecule has 1 aliphatic rings. The minimum atomic E-state index is -0.349. The Morgan fingerprint density at radius 1 is 0.580 bits per heavy atom. The molecule has 0 spiro atoms. The van der Waals surface area contributed by atoms with E-state index in [-0.39, 0.29) is 32.2 Å². The van der Waals surface area contributed by atoms with Crippen molar-refractivity contribution in [2.75, 3.05) is 0 Å². The van der Waals surface area contributed by atoms with Crippen molar-refractivity contribution in [1.29, 1.82) is 0 Å². The molecule has 5 aromatic carbocycles. The Morgan fingerprint density at radius 3 is 2.04 bits per heavy atom. The number of pyridine rings is 2. The maximum absolute atomic E-state index is 12.0. The molecule has 9 rings (SSSR count). The summed E-state index contributed by atoms with van der Waals surface area (Å²) in [6.07, 6.45) is 2.05. The minimum absolute atomic E-state index is 0. The smallest absolute Gasteiger partial charge is 0.129 e. The maximum atomic E-state index is 12.0. The van der Waals surface area contributed by atoms with Crippen molar-refractivity contribution in [3.63, 3.8) is 0 Å². The summed E-state index contributed by atoms with van der Waals surface area (Å²) in [4.78, 5) is 10.3. The molecule has 0 radical (unpaired) electrons. The normalized spacial score (nSPS) is 12.7. The van der Waals surface area contributed by atoms with Crippen LogP contribution >= 0.6 is 0 Å². The predicted molar refractivity (Wildman–Crippen MR) is 198 cm³/mol.